The van der Waals surface area contributed by atoms with Gasteiger partial charge in [-0.2, -0.15) is 8.42 Å². The minimum Gasteiger partial charge on any atom is -0.465 e. The van der Waals surface area contributed by atoms with Crippen LogP contribution in [0.5, 0.6) is 5.75 Å². The Kier molecular flexibility index (Phi) is 5.35. The van der Waals surface area contributed by atoms with Gasteiger partial charge in [0.25, 0.3) is 5.91 Å². The maximum Gasteiger partial charge on any atom is 0.326 e. The van der Waals surface area contributed by atoms with Crippen LogP contribution in [0.2, 0.25) is 0 Å². The molecule has 1 aromatic rings. The van der Waals surface area contributed by atoms with Crippen molar-refractivity contribution < 1.29 is 31.8 Å². The van der Waals surface area contributed by atoms with E-state index in [-0.39, 0.29) is 30.8 Å². The number of nitrogens with zero attached hydrogens (tertiary/aromatic N) is 1. The first-order valence-corrected chi connectivity index (χ1v) is 9.64. The summed E-state index contributed by atoms with van der Waals surface area (Å²) in [5.41, 5.74) is 0.989. The fourth-order valence-corrected chi connectivity index (χ4v) is 4.36. The lowest BCUT2D eigenvalue weighted by Crippen LogP contribution is -2.31. The number of benzene rings is 1. The first-order valence-electron chi connectivity index (χ1n) is 8.20. The predicted octanol–water partition coefficient (Wildman–Crippen LogP) is 0.741. The lowest BCUT2D eigenvalue weighted by molar-refractivity contribution is -0.117. The average Bonchev–Trinajstić information content (AvgIpc) is 3.05. The van der Waals surface area contributed by atoms with Crippen LogP contribution < -0.4 is 13.8 Å². The molecular formula is C16H21FN2O6S. The second-order valence-electron chi connectivity index (χ2n) is 6.39. The normalized spacial score (nSPS) is 21.0. The zero-order valence-corrected chi connectivity index (χ0v) is 15.4. The second-order valence-corrected chi connectivity index (χ2v) is 7.98. The fourth-order valence-electron chi connectivity index (χ4n) is 3.20. The van der Waals surface area contributed by atoms with Gasteiger partial charge >= 0.3 is 10.2 Å². The maximum absolute atomic E-state index is 15.2. The van der Waals surface area contributed by atoms with Crippen LogP contribution >= 0.6 is 0 Å². The lowest BCUT2D eigenvalue weighted by Gasteiger charge is -2.21. The minimum absolute atomic E-state index is 0.0350. The summed E-state index contributed by atoms with van der Waals surface area (Å²) in [7, 11) is -2.62. The van der Waals surface area contributed by atoms with Crippen molar-refractivity contribution >= 4 is 21.8 Å². The van der Waals surface area contributed by atoms with E-state index in [2.05, 4.69) is 0 Å². The standard InChI is InChI=1S/C16H21FN2O6S/c1-10-5-11-7-13(25-9-24-4-3-23-2)16(15(17)12(11)6-10)19-8-14(20)18-26(19,21)22/h7,10H,3-6,8-9H2,1-2H3,(H,18,20). The van der Waals surface area contributed by atoms with Gasteiger partial charge in [-0.25, -0.2) is 13.4 Å². The van der Waals surface area contributed by atoms with Crippen LogP contribution in [0.4, 0.5) is 10.1 Å². The third-order valence-corrected chi connectivity index (χ3v) is 5.70. The second kappa shape index (κ2) is 7.37. The van der Waals surface area contributed by atoms with Crippen LogP contribution in [0.15, 0.2) is 6.07 Å². The van der Waals surface area contributed by atoms with Gasteiger partial charge < -0.3 is 14.2 Å². The Morgan fingerprint density at radius 1 is 1.35 bits per heavy atom. The van der Waals surface area contributed by atoms with Crippen LogP contribution in [0, 0.1) is 11.7 Å². The molecule has 1 unspecified atom stereocenters. The van der Waals surface area contributed by atoms with Gasteiger partial charge in [0.1, 0.15) is 18.0 Å². The largest absolute Gasteiger partial charge is 0.465 e. The number of rotatable bonds is 7. The highest BCUT2D eigenvalue weighted by Crippen LogP contribution is 2.42. The Morgan fingerprint density at radius 2 is 2.12 bits per heavy atom. The Bertz CT molecular complexity index is 813. The Labute approximate surface area is 151 Å². The Balaban J connectivity index is 1.95. The predicted molar refractivity (Wildman–Crippen MR) is 90.7 cm³/mol. The smallest absolute Gasteiger partial charge is 0.326 e. The van der Waals surface area contributed by atoms with E-state index in [0.29, 0.717) is 29.3 Å². The molecule has 1 fully saturated rings. The molecule has 26 heavy (non-hydrogen) atoms. The van der Waals surface area contributed by atoms with Gasteiger partial charge in [0.2, 0.25) is 0 Å². The molecule has 2 aliphatic rings. The van der Waals surface area contributed by atoms with Crippen LogP contribution in [0.1, 0.15) is 18.1 Å². The van der Waals surface area contributed by atoms with Crippen molar-refractivity contribution in [2.75, 3.05) is 38.0 Å². The summed E-state index contributed by atoms with van der Waals surface area (Å²) >= 11 is 0. The van der Waals surface area contributed by atoms with E-state index < -0.39 is 28.5 Å². The first kappa shape index (κ1) is 18.9. The average molecular weight is 388 g/mol. The van der Waals surface area contributed by atoms with Gasteiger partial charge in [0.05, 0.1) is 13.2 Å². The summed E-state index contributed by atoms with van der Waals surface area (Å²) in [6.07, 6.45) is 1.19. The van der Waals surface area contributed by atoms with Crippen molar-refractivity contribution in [2.24, 2.45) is 5.92 Å². The summed E-state index contributed by atoms with van der Waals surface area (Å²) in [5, 5.41) is 0. The summed E-state index contributed by atoms with van der Waals surface area (Å²) in [5.74, 6) is -1.11. The molecule has 144 valence electrons. The van der Waals surface area contributed by atoms with Crippen molar-refractivity contribution in [3.8, 4) is 5.75 Å². The van der Waals surface area contributed by atoms with Crippen LogP contribution in [-0.2, 0) is 37.3 Å². The Hall–Kier alpha value is -1.91. The molecule has 8 nitrogen and oxygen atoms in total. The van der Waals surface area contributed by atoms with E-state index in [1.54, 1.807) is 6.07 Å². The number of nitrogens with one attached hydrogen (secondary N) is 1. The van der Waals surface area contributed by atoms with Crippen molar-refractivity contribution in [3.63, 3.8) is 0 Å². The molecule has 1 aliphatic carbocycles. The van der Waals surface area contributed by atoms with E-state index in [4.69, 9.17) is 14.2 Å². The number of anilines is 1. The highest BCUT2D eigenvalue weighted by atomic mass is 32.2. The summed E-state index contributed by atoms with van der Waals surface area (Å²) in [6.45, 7) is 1.95. The number of hydrogen-bond acceptors (Lipinski definition) is 6. The highest BCUT2D eigenvalue weighted by Gasteiger charge is 2.39. The maximum atomic E-state index is 15.2. The van der Waals surface area contributed by atoms with Gasteiger partial charge in [0, 0.05) is 7.11 Å². The van der Waals surface area contributed by atoms with Crippen molar-refractivity contribution in [2.45, 2.75) is 19.8 Å². The molecule has 0 aromatic heterocycles. The molecule has 0 bridgehead atoms. The molecular weight excluding hydrogens is 367 g/mol. The van der Waals surface area contributed by atoms with E-state index in [9.17, 15) is 13.2 Å². The van der Waals surface area contributed by atoms with E-state index in [1.165, 1.54) is 7.11 Å². The number of ether oxygens (including phenoxy) is 3. The number of amides is 1. The van der Waals surface area contributed by atoms with Crippen molar-refractivity contribution in [3.05, 3.63) is 23.0 Å². The molecule has 1 saturated heterocycles. The summed E-state index contributed by atoms with van der Waals surface area (Å²) in [6, 6.07) is 1.63. The molecule has 3 rings (SSSR count). The number of fused-ring (bicyclic) bond motifs is 1. The van der Waals surface area contributed by atoms with Crippen LogP contribution in [0.25, 0.3) is 0 Å². The van der Waals surface area contributed by atoms with E-state index in [0.717, 1.165) is 5.56 Å². The number of carbonyl (C=O) groups is 1. The molecule has 0 radical (unpaired) electrons. The molecule has 0 spiro atoms. The SMILES string of the molecule is COCCOCOc1cc2c(c(F)c1N1CC(=O)NS1(=O)=O)CC(C)C2. The zero-order valence-electron chi connectivity index (χ0n) is 14.6. The van der Waals surface area contributed by atoms with E-state index >= 15 is 4.39 Å². The van der Waals surface area contributed by atoms with E-state index in [1.807, 2.05) is 11.6 Å². The zero-order chi connectivity index (χ0) is 18.9. The van der Waals surface area contributed by atoms with Crippen LogP contribution in [-0.4, -0.2) is 48.0 Å². The molecule has 1 heterocycles. The van der Waals surface area contributed by atoms with Gasteiger partial charge in [-0.15, -0.1) is 0 Å². The first-order chi connectivity index (χ1) is 12.3. The lowest BCUT2D eigenvalue weighted by atomic mass is 10.1. The number of halogens is 1. The molecule has 1 amide bonds. The fraction of sp³-hybridized carbons (Fsp3) is 0.562. The van der Waals surface area contributed by atoms with Gasteiger partial charge in [-0.05, 0) is 36.0 Å². The third-order valence-electron chi connectivity index (χ3n) is 4.32. The van der Waals surface area contributed by atoms with Crippen molar-refractivity contribution in [1.82, 2.24) is 4.72 Å². The quantitative estimate of drug-likeness (QED) is 0.547. The molecule has 1 atom stereocenters. The van der Waals surface area contributed by atoms with Gasteiger partial charge in [-0.1, -0.05) is 6.92 Å². The third kappa shape index (κ3) is 3.62. The summed E-state index contributed by atoms with van der Waals surface area (Å²) in [4.78, 5) is 11.5. The number of carbonyl (C=O) groups excluding carboxylic acids is 1. The molecule has 10 heteroatoms. The number of hydrogen-bond donors (Lipinski definition) is 1. The molecule has 1 N–H and O–H groups in total. The minimum atomic E-state index is -4.15. The van der Waals surface area contributed by atoms with Gasteiger partial charge in [0.15, 0.2) is 12.6 Å². The number of methoxy groups -OCH3 is 1. The molecule has 1 aliphatic heterocycles. The Morgan fingerprint density at radius 3 is 2.77 bits per heavy atom. The monoisotopic (exact) mass is 388 g/mol. The molecule has 1 aromatic carbocycles. The topological polar surface area (TPSA) is 94.2 Å². The van der Waals surface area contributed by atoms with Crippen LogP contribution in [0.3, 0.4) is 0 Å². The van der Waals surface area contributed by atoms with Crippen molar-refractivity contribution in [1.29, 1.82) is 0 Å². The highest BCUT2D eigenvalue weighted by molar-refractivity contribution is 7.92. The molecule has 0 saturated carbocycles. The van der Waals surface area contributed by atoms with Gasteiger partial charge in [-0.3, -0.25) is 4.79 Å². The summed E-state index contributed by atoms with van der Waals surface area (Å²) < 4.78 is 57.7.